The van der Waals surface area contributed by atoms with E-state index in [4.69, 9.17) is 0 Å². The van der Waals surface area contributed by atoms with Gasteiger partial charge in [0.1, 0.15) is 13.2 Å². The molecule has 0 saturated carbocycles. The molecular weight excluding hydrogens is 186 g/mol. The third kappa shape index (κ3) is 12.7. The van der Waals surface area contributed by atoms with Crippen molar-refractivity contribution in [2.45, 2.75) is 6.18 Å². The molecule has 3 nitrogen and oxygen atoms in total. The van der Waals surface area contributed by atoms with E-state index in [2.05, 4.69) is 10.5 Å². The van der Waals surface area contributed by atoms with Crippen LogP contribution in [0.1, 0.15) is 0 Å². The fraction of sp³-hybridized carbons (Fsp3) is 0.750. The van der Waals surface area contributed by atoms with Crippen molar-refractivity contribution in [1.29, 1.82) is 0 Å². The number of hydrogen-bond acceptors (Lipinski definition) is 2. The number of primary amides is 1. The molecule has 68 valence electrons. The monoisotopic (exact) mass is 193 g/mol. The maximum atomic E-state index is 11.2. The number of rotatable bonds is 3. The van der Waals surface area contributed by atoms with Gasteiger partial charge in [-0.1, -0.05) is 0 Å². The van der Waals surface area contributed by atoms with Crippen LogP contribution in [0.4, 0.5) is 13.2 Å². The Bertz CT molecular complexity index is 127. The maximum Gasteiger partial charge on any atom is 0.411 e. The average Bonchev–Trinajstić information content (AvgIpc) is 1.59. The lowest BCUT2D eigenvalue weighted by atomic mass is 10.6. The first kappa shape index (κ1) is 13.1. The number of alkyl halides is 3. The van der Waals surface area contributed by atoms with Crippen LogP contribution in [-0.4, -0.2) is 25.3 Å². The molecule has 0 aromatic carbocycles. The number of hydrogen-bond donors (Lipinski definition) is 1. The second kappa shape index (κ2) is 5.20. The molecule has 0 aromatic rings. The first-order valence-corrected chi connectivity index (χ1v) is 2.34. The van der Waals surface area contributed by atoms with Gasteiger partial charge in [0.15, 0.2) is 0 Å². The fourth-order valence-corrected chi connectivity index (χ4v) is 0.267. The maximum absolute atomic E-state index is 11.2. The minimum absolute atomic E-state index is 0. The predicted molar refractivity (Wildman–Crippen MR) is 33.3 cm³/mol. The molecule has 0 fully saturated rings. The molecule has 0 rings (SSSR count). The van der Waals surface area contributed by atoms with Crippen LogP contribution in [0.15, 0.2) is 0 Å². The van der Waals surface area contributed by atoms with Gasteiger partial charge in [-0.25, -0.2) is 0 Å². The number of nitrogens with two attached hydrogens (primary N) is 1. The molecule has 0 aliphatic carbocycles. The van der Waals surface area contributed by atoms with Crippen LogP contribution >= 0.6 is 12.4 Å². The quantitative estimate of drug-likeness (QED) is 0.709. The summed E-state index contributed by atoms with van der Waals surface area (Å²) in [5.74, 6) is -0.913. The number of amides is 1. The third-order valence-electron chi connectivity index (χ3n) is 0.510. The number of carbonyl (C=O) groups excluding carboxylic acids is 1. The summed E-state index contributed by atoms with van der Waals surface area (Å²) in [7, 11) is 0. The minimum atomic E-state index is -4.39. The molecule has 0 heterocycles. The smallest absolute Gasteiger partial charge is 0.368 e. The van der Waals surface area contributed by atoms with Crippen molar-refractivity contribution >= 4 is 18.3 Å². The van der Waals surface area contributed by atoms with E-state index < -0.39 is 25.3 Å². The van der Waals surface area contributed by atoms with Gasteiger partial charge in [-0.2, -0.15) is 13.2 Å². The van der Waals surface area contributed by atoms with E-state index in [1.807, 2.05) is 0 Å². The van der Waals surface area contributed by atoms with Crippen LogP contribution in [0.25, 0.3) is 0 Å². The molecule has 0 unspecified atom stereocenters. The number of halogens is 4. The molecular formula is C4H7ClF3NO2. The summed E-state index contributed by atoms with van der Waals surface area (Å²) in [5, 5.41) is 0. The number of carbonyl (C=O) groups is 1. The van der Waals surface area contributed by atoms with E-state index in [0.717, 1.165) is 0 Å². The highest BCUT2D eigenvalue weighted by molar-refractivity contribution is 5.85. The van der Waals surface area contributed by atoms with Crippen LogP contribution in [0.5, 0.6) is 0 Å². The normalized spacial score (nSPS) is 10.5. The van der Waals surface area contributed by atoms with Gasteiger partial charge in [0.05, 0.1) is 0 Å². The lowest BCUT2D eigenvalue weighted by molar-refractivity contribution is -0.175. The molecule has 7 heteroatoms. The van der Waals surface area contributed by atoms with Crippen molar-refractivity contribution in [3.63, 3.8) is 0 Å². The van der Waals surface area contributed by atoms with Crippen molar-refractivity contribution in [3.8, 4) is 0 Å². The zero-order valence-corrected chi connectivity index (χ0v) is 6.17. The van der Waals surface area contributed by atoms with Crippen LogP contribution in [-0.2, 0) is 9.53 Å². The Morgan fingerprint density at radius 3 is 2.18 bits per heavy atom. The van der Waals surface area contributed by atoms with Crippen LogP contribution in [0.3, 0.4) is 0 Å². The van der Waals surface area contributed by atoms with Crippen molar-refractivity contribution < 1.29 is 22.7 Å². The van der Waals surface area contributed by atoms with Gasteiger partial charge in [-0.15, -0.1) is 12.4 Å². The molecule has 0 aliphatic heterocycles. The fourth-order valence-electron chi connectivity index (χ4n) is 0.267. The summed E-state index contributed by atoms with van der Waals surface area (Å²) in [5.41, 5.74) is 4.49. The Labute approximate surface area is 67.1 Å². The first-order valence-electron chi connectivity index (χ1n) is 2.34. The van der Waals surface area contributed by atoms with Crippen molar-refractivity contribution in [2.75, 3.05) is 13.2 Å². The zero-order chi connectivity index (χ0) is 8.20. The molecule has 0 bridgehead atoms. The van der Waals surface area contributed by atoms with Crippen LogP contribution in [0, 0.1) is 0 Å². The van der Waals surface area contributed by atoms with Gasteiger partial charge in [0, 0.05) is 0 Å². The molecule has 0 aliphatic rings. The standard InChI is InChI=1S/C4H6F3NO2.ClH/c5-4(6,7)2-10-1-3(8)9;/h1-2H2,(H2,8,9);1H. The lowest BCUT2D eigenvalue weighted by Gasteiger charge is -2.04. The van der Waals surface area contributed by atoms with Gasteiger partial charge in [-0.3, -0.25) is 4.79 Å². The van der Waals surface area contributed by atoms with Gasteiger partial charge < -0.3 is 10.5 Å². The Hall–Kier alpha value is -0.490. The summed E-state index contributed by atoms with van der Waals surface area (Å²) in [6.07, 6.45) is -4.39. The van der Waals surface area contributed by atoms with E-state index in [1.54, 1.807) is 0 Å². The largest absolute Gasteiger partial charge is 0.411 e. The van der Waals surface area contributed by atoms with Crippen LogP contribution in [0.2, 0.25) is 0 Å². The molecule has 0 radical (unpaired) electrons. The minimum Gasteiger partial charge on any atom is -0.368 e. The van der Waals surface area contributed by atoms with Crippen molar-refractivity contribution in [2.24, 2.45) is 5.73 Å². The average molecular weight is 194 g/mol. The Morgan fingerprint density at radius 1 is 1.45 bits per heavy atom. The predicted octanol–water partition coefficient (Wildman–Crippen LogP) is 0.472. The highest BCUT2D eigenvalue weighted by atomic mass is 35.5. The molecule has 0 spiro atoms. The van der Waals surface area contributed by atoms with E-state index in [9.17, 15) is 18.0 Å². The molecule has 1 amide bonds. The Kier molecular flexibility index (Phi) is 6.20. The SMILES string of the molecule is Cl.NC(=O)COCC(F)(F)F. The first-order chi connectivity index (χ1) is 4.42. The molecule has 11 heavy (non-hydrogen) atoms. The van der Waals surface area contributed by atoms with Crippen molar-refractivity contribution in [3.05, 3.63) is 0 Å². The third-order valence-corrected chi connectivity index (χ3v) is 0.510. The van der Waals surface area contributed by atoms with E-state index in [0.29, 0.717) is 0 Å². The lowest BCUT2D eigenvalue weighted by Crippen LogP contribution is -2.24. The van der Waals surface area contributed by atoms with E-state index >= 15 is 0 Å². The Morgan fingerprint density at radius 2 is 1.91 bits per heavy atom. The summed E-state index contributed by atoms with van der Waals surface area (Å²) in [4.78, 5) is 9.82. The number of ether oxygens (including phenoxy) is 1. The topological polar surface area (TPSA) is 52.3 Å². The summed E-state index contributed by atoms with van der Waals surface area (Å²) < 4.78 is 37.5. The summed E-state index contributed by atoms with van der Waals surface area (Å²) in [6, 6.07) is 0. The zero-order valence-electron chi connectivity index (χ0n) is 5.35. The summed E-state index contributed by atoms with van der Waals surface area (Å²) >= 11 is 0. The van der Waals surface area contributed by atoms with Gasteiger partial charge in [0.2, 0.25) is 5.91 Å². The second-order valence-corrected chi connectivity index (χ2v) is 1.57. The van der Waals surface area contributed by atoms with Gasteiger partial charge in [0.25, 0.3) is 0 Å². The summed E-state index contributed by atoms with van der Waals surface area (Å²) in [6.45, 7) is -2.13. The van der Waals surface area contributed by atoms with E-state index in [-0.39, 0.29) is 12.4 Å². The molecule has 0 saturated heterocycles. The van der Waals surface area contributed by atoms with Crippen LogP contribution < -0.4 is 5.73 Å². The molecule has 0 aromatic heterocycles. The van der Waals surface area contributed by atoms with Gasteiger partial charge >= 0.3 is 6.18 Å². The molecule has 0 atom stereocenters. The second-order valence-electron chi connectivity index (χ2n) is 1.57. The highest BCUT2D eigenvalue weighted by Crippen LogP contribution is 2.13. The highest BCUT2D eigenvalue weighted by Gasteiger charge is 2.27. The van der Waals surface area contributed by atoms with Gasteiger partial charge in [-0.05, 0) is 0 Å². The van der Waals surface area contributed by atoms with Crippen molar-refractivity contribution in [1.82, 2.24) is 0 Å². The molecule has 2 N–H and O–H groups in total. The Balaban J connectivity index is 0. The van der Waals surface area contributed by atoms with E-state index in [1.165, 1.54) is 0 Å².